The first-order valence-corrected chi connectivity index (χ1v) is 7.91. The molecular formula is C16H23N3O4. The molecule has 1 amide bonds. The molecule has 1 heterocycles. The fourth-order valence-corrected chi connectivity index (χ4v) is 2.99. The molecule has 1 unspecified atom stereocenters. The minimum absolute atomic E-state index is 0.0344. The summed E-state index contributed by atoms with van der Waals surface area (Å²) in [4.78, 5) is 24.7. The first-order chi connectivity index (χ1) is 11.0. The van der Waals surface area contributed by atoms with Gasteiger partial charge in [0.25, 0.3) is 5.69 Å². The third-order valence-electron chi connectivity index (χ3n) is 4.25. The molecule has 0 aromatic heterocycles. The van der Waals surface area contributed by atoms with Crippen LogP contribution in [-0.4, -0.2) is 46.6 Å². The summed E-state index contributed by atoms with van der Waals surface area (Å²) in [6.07, 6.45) is 3.73. The number of carbonyl (C=O) groups excluding carboxylic acids is 1. The van der Waals surface area contributed by atoms with Gasteiger partial charge in [0.05, 0.1) is 17.2 Å². The largest absolute Gasteiger partial charge is 0.396 e. The van der Waals surface area contributed by atoms with Crippen molar-refractivity contribution in [2.45, 2.75) is 38.6 Å². The molecule has 23 heavy (non-hydrogen) atoms. The Morgan fingerprint density at radius 3 is 3.00 bits per heavy atom. The number of anilines is 1. The number of likely N-dealkylation sites (tertiary alicyclic amines) is 1. The van der Waals surface area contributed by atoms with Gasteiger partial charge in [0.15, 0.2) is 0 Å². The summed E-state index contributed by atoms with van der Waals surface area (Å²) < 4.78 is 0. The molecule has 1 aliphatic heterocycles. The highest BCUT2D eigenvalue weighted by molar-refractivity contribution is 5.93. The van der Waals surface area contributed by atoms with E-state index in [1.807, 2.05) is 0 Å². The summed E-state index contributed by atoms with van der Waals surface area (Å²) in [6, 6.07) is 4.78. The maximum absolute atomic E-state index is 12.2. The van der Waals surface area contributed by atoms with E-state index in [4.69, 9.17) is 5.11 Å². The van der Waals surface area contributed by atoms with Gasteiger partial charge in [-0.25, -0.2) is 0 Å². The maximum Gasteiger partial charge on any atom is 0.271 e. The molecule has 0 radical (unpaired) electrons. The molecule has 0 aliphatic carbocycles. The number of aryl methyl sites for hydroxylation is 1. The Labute approximate surface area is 135 Å². The Morgan fingerprint density at radius 2 is 2.30 bits per heavy atom. The van der Waals surface area contributed by atoms with Crippen LogP contribution < -0.4 is 5.32 Å². The number of benzene rings is 1. The van der Waals surface area contributed by atoms with Gasteiger partial charge in [0, 0.05) is 24.8 Å². The lowest BCUT2D eigenvalue weighted by molar-refractivity contribution is -0.384. The van der Waals surface area contributed by atoms with Crippen LogP contribution in [0, 0.1) is 17.0 Å². The molecule has 1 aliphatic rings. The van der Waals surface area contributed by atoms with Gasteiger partial charge in [0.2, 0.25) is 5.91 Å². The van der Waals surface area contributed by atoms with Crippen molar-refractivity contribution in [3.63, 3.8) is 0 Å². The van der Waals surface area contributed by atoms with E-state index in [0.717, 1.165) is 37.8 Å². The van der Waals surface area contributed by atoms with Crippen molar-refractivity contribution >= 4 is 17.3 Å². The van der Waals surface area contributed by atoms with Crippen LogP contribution in [0.25, 0.3) is 0 Å². The van der Waals surface area contributed by atoms with Crippen molar-refractivity contribution in [2.24, 2.45) is 0 Å². The van der Waals surface area contributed by atoms with Gasteiger partial charge in [0.1, 0.15) is 0 Å². The van der Waals surface area contributed by atoms with Gasteiger partial charge < -0.3 is 10.4 Å². The molecule has 1 aromatic rings. The average Bonchev–Trinajstić information content (AvgIpc) is 2.94. The van der Waals surface area contributed by atoms with Gasteiger partial charge in [-0.2, -0.15) is 0 Å². The lowest BCUT2D eigenvalue weighted by Gasteiger charge is -2.23. The molecule has 1 saturated heterocycles. The molecule has 0 bridgehead atoms. The monoisotopic (exact) mass is 321 g/mol. The first kappa shape index (κ1) is 17.4. The normalized spacial score (nSPS) is 18.1. The molecule has 7 nitrogen and oxygen atoms in total. The second-order valence-electron chi connectivity index (χ2n) is 5.94. The summed E-state index contributed by atoms with van der Waals surface area (Å²) >= 11 is 0. The number of non-ortho nitro benzene ring substituents is 1. The van der Waals surface area contributed by atoms with Crippen molar-refractivity contribution < 1.29 is 14.8 Å². The van der Waals surface area contributed by atoms with Crippen molar-refractivity contribution in [3.8, 4) is 0 Å². The van der Waals surface area contributed by atoms with E-state index < -0.39 is 4.92 Å². The highest BCUT2D eigenvalue weighted by atomic mass is 16.6. The number of nitro benzene ring substituents is 1. The number of nitro groups is 1. The minimum Gasteiger partial charge on any atom is -0.396 e. The second-order valence-corrected chi connectivity index (χ2v) is 5.94. The Morgan fingerprint density at radius 1 is 1.52 bits per heavy atom. The van der Waals surface area contributed by atoms with E-state index in [0.29, 0.717) is 11.7 Å². The topological polar surface area (TPSA) is 95.7 Å². The van der Waals surface area contributed by atoms with E-state index >= 15 is 0 Å². The molecule has 1 aromatic carbocycles. The van der Waals surface area contributed by atoms with Crippen LogP contribution in [0.3, 0.4) is 0 Å². The number of hydrogen-bond donors (Lipinski definition) is 2. The van der Waals surface area contributed by atoms with Gasteiger partial charge in [-0.15, -0.1) is 0 Å². The molecule has 1 fully saturated rings. The van der Waals surface area contributed by atoms with Crippen LogP contribution in [0.15, 0.2) is 18.2 Å². The highest BCUT2D eigenvalue weighted by Gasteiger charge is 2.25. The minimum atomic E-state index is -0.472. The van der Waals surface area contributed by atoms with E-state index in [1.54, 1.807) is 13.0 Å². The van der Waals surface area contributed by atoms with E-state index in [2.05, 4.69) is 10.2 Å². The molecule has 2 rings (SSSR count). The predicted octanol–water partition coefficient (Wildman–Crippen LogP) is 2.08. The lowest BCUT2D eigenvalue weighted by atomic mass is 10.1. The first-order valence-electron chi connectivity index (χ1n) is 7.91. The van der Waals surface area contributed by atoms with Crippen LogP contribution in [0.4, 0.5) is 11.4 Å². The van der Waals surface area contributed by atoms with Crippen molar-refractivity contribution in [1.29, 1.82) is 0 Å². The number of nitrogens with zero attached hydrogens (tertiary/aromatic N) is 2. The fourth-order valence-electron chi connectivity index (χ4n) is 2.99. The van der Waals surface area contributed by atoms with Crippen LogP contribution in [0.1, 0.15) is 31.2 Å². The summed E-state index contributed by atoms with van der Waals surface area (Å²) in [5, 5.41) is 22.5. The molecule has 7 heteroatoms. The van der Waals surface area contributed by atoms with Crippen molar-refractivity contribution in [1.82, 2.24) is 4.90 Å². The summed E-state index contributed by atoms with van der Waals surface area (Å²) in [5.74, 6) is -0.163. The average molecular weight is 321 g/mol. The Bertz CT molecular complexity index is 576. The van der Waals surface area contributed by atoms with Crippen LogP contribution in [-0.2, 0) is 4.79 Å². The number of hydrogen-bond acceptors (Lipinski definition) is 5. The van der Waals surface area contributed by atoms with Gasteiger partial charge in [-0.3, -0.25) is 19.8 Å². The van der Waals surface area contributed by atoms with Crippen LogP contribution in [0.2, 0.25) is 0 Å². The molecule has 0 saturated carbocycles. The Balaban J connectivity index is 1.96. The van der Waals surface area contributed by atoms with E-state index in [9.17, 15) is 14.9 Å². The molecular weight excluding hydrogens is 298 g/mol. The summed E-state index contributed by atoms with van der Waals surface area (Å²) in [5.41, 5.74) is 1.24. The zero-order valence-electron chi connectivity index (χ0n) is 13.3. The third kappa shape index (κ3) is 4.74. The lowest BCUT2D eigenvalue weighted by Crippen LogP contribution is -2.37. The summed E-state index contributed by atoms with van der Waals surface area (Å²) in [6.45, 7) is 3.12. The van der Waals surface area contributed by atoms with Gasteiger partial charge >= 0.3 is 0 Å². The maximum atomic E-state index is 12.2. The van der Waals surface area contributed by atoms with E-state index in [-0.39, 0.29) is 24.7 Å². The number of rotatable bonds is 7. The van der Waals surface area contributed by atoms with Crippen LogP contribution >= 0.6 is 0 Å². The van der Waals surface area contributed by atoms with Crippen LogP contribution in [0.5, 0.6) is 0 Å². The standard InChI is InChI=1S/C16H23N3O4/c1-12-6-7-14(19(22)23)10-15(12)17-16(21)11-18-8-2-4-13(18)5-3-9-20/h6-7,10,13,20H,2-5,8-9,11H2,1H3,(H,17,21). The van der Waals surface area contributed by atoms with Gasteiger partial charge in [-0.1, -0.05) is 6.07 Å². The molecule has 0 spiro atoms. The molecule has 126 valence electrons. The number of aliphatic hydroxyl groups is 1. The zero-order chi connectivity index (χ0) is 16.8. The quantitative estimate of drug-likeness (QED) is 0.592. The smallest absolute Gasteiger partial charge is 0.271 e. The third-order valence-corrected chi connectivity index (χ3v) is 4.25. The zero-order valence-corrected chi connectivity index (χ0v) is 13.3. The number of aliphatic hydroxyl groups excluding tert-OH is 1. The Kier molecular flexibility index (Phi) is 6.06. The number of carbonyl (C=O) groups is 1. The molecule has 1 atom stereocenters. The van der Waals surface area contributed by atoms with Crippen molar-refractivity contribution in [3.05, 3.63) is 33.9 Å². The predicted molar refractivity (Wildman–Crippen MR) is 87.4 cm³/mol. The number of nitrogens with one attached hydrogen (secondary N) is 1. The van der Waals surface area contributed by atoms with E-state index in [1.165, 1.54) is 12.1 Å². The van der Waals surface area contributed by atoms with Gasteiger partial charge in [-0.05, 0) is 44.7 Å². The fraction of sp³-hybridized carbons (Fsp3) is 0.562. The second kappa shape index (κ2) is 8.03. The number of amides is 1. The summed E-state index contributed by atoms with van der Waals surface area (Å²) in [7, 11) is 0. The SMILES string of the molecule is Cc1ccc([N+](=O)[O-])cc1NC(=O)CN1CCCC1CCCO. The Hall–Kier alpha value is -1.99. The van der Waals surface area contributed by atoms with Crippen molar-refractivity contribution in [2.75, 3.05) is 25.0 Å². The highest BCUT2D eigenvalue weighted by Crippen LogP contribution is 2.23. The molecule has 2 N–H and O–H groups in total.